The molecule has 4 aromatic rings. The van der Waals surface area contributed by atoms with Crippen molar-refractivity contribution in [2.24, 2.45) is 0 Å². The number of pyridine rings is 2. The largest absolute Gasteiger partial charge is 0.534 e. The third-order valence-electron chi connectivity index (χ3n) is 7.48. The van der Waals surface area contributed by atoms with Crippen LogP contribution in [0.2, 0.25) is 0 Å². The van der Waals surface area contributed by atoms with E-state index >= 15 is 8.78 Å². The number of methoxy groups -OCH3 is 1. The zero-order valence-electron chi connectivity index (χ0n) is 24.5. The summed E-state index contributed by atoms with van der Waals surface area (Å²) in [4.78, 5) is 28.8. The summed E-state index contributed by atoms with van der Waals surface area (Å²) in [7, 11) is -4.92. The van der Waals surface area contributed by atoms with Gasteiger partial charge >= 0.3 is 21.3 Å². The van der Waals surface area contributed by atoms with Gasteiger partial charge in [0.2, 0.25) is 0 Å². The Balaban J connectivity index is 1.90. The first-order chi connectivity index (χ1) is 21.2. The van der Waals surface area contributed by atoms with E-state index < -0.39 is 50.0 Å². The number of hydrogen-bond donors (Lipinski definition) is 0. The topological polar surface area (TPSA) is 117 Å². The Morgan fingerprint density at radius 1 is 1.04 bits per heavy atom. The molecule has 5 rings (SSSR count). The fourth-order valence-corrected chi connectivity index (χ4v) is 5.82. The van der Waals surface area contributed by atoms with Crippen molar-refractivity contribution in [3.8, 4) is 28.4 Å². The average Bonchev–Trinajstić information content (AvgIpc) is 2.96. The van der Waals surface area contributed by atoms with E-state index in [1.807, 2.05) is 11.8 Å². The van der Waals surface area contributed by atoms with E-state index in [1.54, 1.807) is 13.8 Å². The molecule has 1 aliphatic rings. The number of halogens is 5. The number of aromatic nitrogens is 4. The van der Waals surface area contributed by atoms with Crippen molar-refractivity contribution in [3.63, 3.8) is 0 Å². The summed E-state index contributed by atoms with van der Waals surface area (Å²) in [6, 6.07) is 4.72. The van der Waals surface area contributed by atoms with Gasteiger partial charge in [0.05, 0.1) is 23.8 Å². The van der Waals surface area contributed by atoms with E-state index in [2.05, 4.69) is 19.1 Å². The fourth-order valence-electron chi connectivity index (χ4n) is 5.35. The molecule has 0 N–H and O–H groups in total. The van der Waals surface area contributed by atoms with Gasteiger partial charge in [-0.2, -0.15) is 26.6 Å². The third kappa shape index (κ3) is 5.78. The van der Waals surface area contributed by atoms with Crippen LogP contribution in [0.3, 0.4) is 0 Å². The lowest BCUT2D eigenvalue weighted by Crippen LogP contribution is -2.40. The molecule has 0 unspecified atom stereocenters. The van der Waals surface area contributed by atoms with E-state index in [1.165, 1.54) is 19.4 Å². The van der Waals surface area contributed by atoms with Crippen molar-refractivity contribution in [1.29, 1.82) is 0 Å². The van der Waals surface area contributed by atoms with Crippen LogP contribution in [0.5, 0.6) is 11.5 Å². The molecule has 0 radical (unpaired) electrons. The van der Waals surface area contributed by atoms with Crippen LogP contribution >= 0.6 is 0 Å². The predicted molar refractivity (Wildman–Crippen MR) is 155 cm³/mol. The number of piperidine rings is 1. The highest BCUT2D eigenvalue weighted by molar-refractivity contribution is 7.88. The Bertz CT molecular complexity index is 1950. The molecule has 0 amide bonds. The lowest BCUT2D eigenvalue weighted by molar-refractivity contribution is -0.0500. The van der Waals surface area contributed by atoms with Crippen LogP contribution in [0.4, 0.5) is 27.8 Å². The number of nitrogens with zero attached hydrogens (tertiary/aromatic N) is 5. The molecule has 0 aliphatic carbocycles. The molecule has 1 aliphatic heterocycles. The van der Waals surface area contributed by atoms with Crippen LogP contribution in [-0.2, 0) is 10.1 Å². The number of hydrogen-bond acceptors (Lipinski definition) is 9. The maximum atomic E-state index is 16.0. The van der Waals surface area contributed by atoms with Crippen molar-refractivity contribution in [2.75, 3.05) is 18.6 Å². The summed E-state index contributed by atoms with van der Waals surface area (Å²) in [5.74, 6) is -3.72. The second-order valence-corrected chi connectivity index (χ2v) is 12.3. The van der Waals surface area contributed by atoms with Crippen molar-refractivity contribution >= 4 is 27.0 Å². The third-order valence-corrected chi connectivity index (χ3v) is 8.44. The molecule has 0 spiro atoms. The zero-order valence-corrected chi connectivity index (χ0v) is 25.3. The Morgan fingerprint density at radius 3 is 2.42 bits per heavy atom. The van der Waals surface area contributed by atoms with Gasteiger partial charge in [0.25, 0.3) is 0 Å². The first kappa shape index (κ1) is 32.1. The average molecular weight is 654 g/mol. The molecule has 45 heavy (non-hydrogen) atoms. The Morgan fingerprint density at radius 2 is 1.78 bits per heavy atom. The van der Waals surface area contributed by atoms with Crippen molar-refractivity contribution in [3.05, 3.63) is 64.3 Å². The second kappa shape index (κ2) is 11.9. The fraction of sp³-hybridized carbons (Fsp3) is 0.379. The van der Waals surface area contributed by atoms with Gasteiger partial charge in [0.15, 0.2) is 17.2 Å². The molecular formula is C29H28F5N5O5S. The van der Waals surface area contributed by atoms with Gasteiger partial charge < -0.3 is 13.8 Å². The molecule has 1 atom stereocenters. The molecule has 0 bridgehead atoms. The summed E-state index contributed by atoms with van der Waals surface area (Å²) < 4.78 is 105. The maximum absolute atomic E-state index is 16.0. The Labute approximate surface area is 254 Å². The van der Waals surface area contributed by atoms with E-state index in [-0.39, 0.29) is 40.2 Å². The van der Waals surface area contributed by atoms with Gasteiger partial charge in [-0.15, -0.1) is 0 Å². The summed E-state index contributed by atoms with van der Waals surface area (Å²) >= 11 is 0. The van der Waals surface area contributed by atoms with Gasteiger partial charge in [-0.1, -0.05) is 19.9 Å². The van der Waals surface area contributed by atoms with Crippen LogP contribution in [0.25, 0.3) is 28.0 Å². The van der Waals surface area contributed by atoms with Gasteiger partial charge in [-0.05, 0) is 50.3 Å². The highest BCUT2D eigenvalue weighted by Gasteiger charge is 2.49. The highest BCUT2D eigenvalue weighted by Crippen LogP contribution is 2.40. The summed E-state index contributed by atoms with van der Waals surface area (Å²) in [5, 5.41) is 0.0342. The number of alkyl halides is 3. The predicted octanol–water partition coefficient (Wildman–Crippen LogP) is 5.86. The molecule has 4 heterocycles. The minimum atomic E-state index is -6.28. The van der Waals surface area contributed by atoms with E-state index in [0.29, 0.717) is 12.2 Å². The summed E-state index contributed by atoms with van der Waals surface area (Å²) in [5.41, 5.74) is -8.39. The quantitative estimate of drug-likeness (QED) is 0.137. The number of fused-ring (bicyclic) bond motifs is 1. The Hall–Kier alpha value is -4.34. The number of benzene rings is 1. The molecule has 240 valence electrons. The van der Waals surface area contributed by atoms with Crippen LogP contribution in [0, 0.1) is 11.6 Å². The van der Waals surface area contributed by atoms with E-state index in [9.17, 15) is 26.4 Å². The lowest BCUT2D eigenvalue weighted by atomic mass is 10.0. The van der Waals surface area contributed by atoms with Crippen molar-refractivity contribution < 1.29 is 39.3 Å². The minimum absolute atomic E-state index is 0.0342. The van der Waals surface area contributed by atoms with Gasteiger partial charge in [-0.3, -0.25) is 4.98 Å². The lowest BCUT2D eigenvalue weighted by Gasteiger charge is -2.35. The first-order valence-corrected chi connectivity index (χ1v) is 15.3. The second-order valence-electron chi connectivity index (χ2n) is 10.8. The molecule has 10 nitrogen and oxygen atoms in total. The number of anilines is 1. The zero-order chi connectivity index (χ0) is 32.8. The molecule has 3 aromatic heterocycles. The number of ether oxygens (including phenoxy) is 1. The first-order valence-electron chi connectivity index (χ1n) is 13.9. The molecular weight excluding hydrogens is 625 g/mol. The summed E-state index contributed by atoms with van der Waals surface area (Å²) in [6.45, 7) is 6.02. The van der Waals surface area contributed by atoms with Crippen LogP contribution in [-0.4, -0.2) is 53.1 Å². The molecule has 1 saturated heterocycles. The highest BCUT2D eigenvalue weighted by atomic mass is 32.2. The van der Waals surface area contributed by atoms with Crippen molar-refractivity contribution in [1.82, 2.24) is 19.5 Å². The van der Waals surface area contributed by atoms with E-state index in [0.717, 1.165) is 48.1 Å². The minimum Gasteiger partial charge on any atom is -0.494 e. The normalized spacial score (nSPS) is 16.0. The van der Waals surface area contributed by atoms with Crippen LogP contribution in [0.15, 0.2) is 41.3 Å². The standard InChI is InChI=1S/C29H28F5N5O5S/c1-15(2)23-25(21(43-4)11-12-35-23)39-27-17(26(37-28(39)40)38-13-6-5-8-16(38)3)14-19(31)24(36-27)22-18(30)9-7-10-20(22)44-45(41,42)29(32,33)34/h7,9-12,14-16H,5-6,8,13H2,1-4H3/t16-/m0/s1. The van der Waals surface area contributed by atoms with Gasteiger partial charge in [0.1, 0.15) is 28.8 Å². The molecule has 16 heteroatoms. The van der Waals surface area contributed by atoms with Crippen molar-refractivity contribution in [2.45, 2.75) is 57.5 Å². The Kier molecular flexibility index (Phi) is 8.46. The summed E-state index contributed by atoms with van der Waals surface area (Å²) in [6.07, 6.45) is 3.91. The monoisotopic (exact) mass is 653 g/mol. The van der Waals surface area contributed by atoms with Gasteiger partial charge in [0, 0.05) is 24.8 Å². The molecule has 0 saturated carbocycles. The van der Waals surface area contributed by atoms with Crippen LogP contribution in [0.1, 0.15) is 51.6 Å². The SMILES string of the molecule is COc1ccnc(C(C)C)c1-n1c(=O)nc(N2CCCC[C@@H]2C)c2cc(F)c(-c3c(F)cccc3OS(=O)(=O)C(F)(F)F)nc21. The van der Waals surface area contributed by atoms with Crippen LogP contribution < -0.4 is 19.5 Å². The van der Waals surface area contributed by atoms with E-state index in [4.69, 9.17) is 4.74 Å². The maximum Gasteiger partial charge on any atom is 0.534 e. The molecule has 1 aromatic carbocycles. The van der Waals surface area contributed by atoms with Gasteiger partial charge in [-0.25, -0.2) is 23.1 Å². The smallest absolute Gasteiger partial charge is 0.494 e. The number of rotatable bonds is 7. The molecule has 1 fully saturated rings.